The number of hydrogen-bond acceptors (Lipinski definition) is 5. The Balaban J connectivity index is 1.60. The van der Waals surface area contributed by atoms with Crippen LogP contribution < -0.4 is 5.32 Å². The summed E-state index contributed by atoms with van der Waals surface area (Å²) < 4.78 is 38.8. The highest BCUT2D eigenvalue weighted by molar-refractivity contribution is 7.17. The van der Waals surface area contributed by atoms with Crippen molar-refractivity contribution in [3.05, 3.63) is 28.9 Å². The van der Waals surface area contributed by atoms with E-state index in [1.807, 2.05) is 0 Å². The van der Waals surface area contributed by atoms with Crippen molar-refractivity contribution in [3.63, 3.8) is 0 Å². The van der Waals surface area contributed by atoms with Gasteiger partial charge in [-0.2, -0.15) is 13.2 Å². The third-order valence-electron chi connectivity index (χ3n) is 5.67. The van der Waals surface area contributed by atoms with Gasteiger partial charge in [-0.1, -0.05) is 0 Å². The first-order valence-electron chi connectivity index (χ1n) is 8.79. The maximum atomic E-state index is 12.8. The molecule has 0 aromatic carbocycles. The van der Waals surface area contributed by atoms with Crippen LogP contribution in [0.4, 0.5) is 13.2 Å². The second-order valence-electron chi connectivity index (χ2n) is 7.16. The van der Waals surface area contributed by atoms with Crippen LogP contribution in [0.15, 0.2) is 17.6 Å². The van der Waals surface area contributed by atoms with Crippen LogP contribution in [0.1, 0.15) is 40.6 Å². The van der Waals surface area contributed by atoms with E-state index in [9.17, 15) is 22.8 Å². The second kappa shape index (κ2) is 6.56. The summed E-state index contributed by atoms with van der Waals surface area (Å²) in [5.74, 6) is -1.92. The number of carbonyl (C=O) groups excluding carboxylic acids is 2. The molecular formula is C18H18F3N3O2S. The minimum atomic E-state index is -4.95. The first kappa shape index (κ1) is 18.4. The molecule has 0 spiro atoms. The van der Waals surface area contributed by atoms with E-state index < -0.39 is 23.4 Å². The van der Waals surface area contributed by atoms with Crippen molar-refractivity contribution in [2.24, 2.45) is 5.92 Å². The monoisotopic (exact) mass is 397 g/mol. The van der Waals surface area contributed by atoms with Gasteiger partial charge in [-0.25, -0.2) is 4.98 Å². The van der Waals surface area contributed by atoms with E-state index in [1.165, 1.54) is 17.6 Å². The number of fused-ring (bicyclic) bond motifs is 4. The number of pyridine rings is 1. The zero-order chi connectivity index (χ0) is 19.3. The first-order valence-corrected chi connectivity index (χ1v) is 9.67. The van der Waals surface area contributed by atoms with Gasteiger partial charge in [0.05, 0.1) is 4.70 Å². The van der Waals surface area contributed by atoms with E-state index in [2.05, 4.69) is 22.1 Å². The molecule has 9 heteroatoms. The van der Waals surface area contributed by atoms with Gasteiger partial charge in [-0.3, -0.25) is 14.5 Å². The quantitative estimate of drug-likeness (QED) is 0.808. The lowest BCUT2D eigenvalue weighted by Crippen LogP contribution is -2.62. The highest BCUT2D eigenvalue weighted by Crippen LogP contribution is 2.33. The Morgan fingerprint density at radius 1 is 1.30 bits per heavy atom. The fourth-order valence-electron chi connectivity index (χ4n) is 4.16. The van der Waals surface area contributed by atoms with Crippen LogP contribution in [0, 0.1) is 5.92 Å². The maximum absolute atomic E-state index is 12.8. The Kier molecular flexibility index (Phi) is 4.46. The Hall–Kier alpha value is -2.00. The van der Waals surface area contributed by atoms with E-state index in [1.54, 1.807) is 0 Å². The van der Waals surface area contributed by atoms with E-state index >= 15 is 0 Å². The number of halogens is 3. The lowest BCUT2D eigenvalue weighted by Gasteiger charge is -2.49. The molecule has 3 fully saturated rings. The molecule has 144 valence electrons. The molecule has 0 radical (unpaired) electrons. The number of alkyl halides is 3. The second-order valence-corrected chi connectivity index (χ2v) is 8.07. The van der Waals surface area contributed by atoms with E-state index in [0.717, 1.165) is 37.3 Å². The van der Waals surface area contributed by atoms with Crippen LogP contribution in [0.3, 0.4) is 0 Å². The highest BCUT2D eigenvalue weighted by atomic mass is 32.1. The average Bonchev–Trinajstić information content (AvgIpc) is 3.06. The number of nitrogens with one attached hydrogen (secondary N) is 1. The molecular weight excluding hydrogens is 379 g/mol. The zero-order valence-electron chi connectivity index (χ0n) is 14.5. The summed E-state index contributed by atoms with van der Waals surface area (Å²) in [5.41, 5.74) is -0.407. The smallest absolute Gasteiger partial charge is 0.346 e. The van der Waals surface area contributed by atoms with E-state index in [0.29, 0.717) is 10.6 Å². The van der Waals surface area contributed by atoms with Gasteiger partial charge < -0.3 is 5.32 Å². The average molecular weight is 397 g/mol. The van der Waals surface area contributed by atoms with Crippen LogP contribution in [0.5, 0.6) is 0 Å². The van der Waals surface area contributed by atoms with Gasteiger partial charge in [0.15, 0.2) is 0 Å². The molecule has 2 bridgehead atoms. The van der Waals surface area contributed by atoms with Crippen LogP contribution in [0.2, 0.25) is 0 Å². The number of nitrogens with zero attached hydrogens (tertiary/aromatic N) is 2. The molecule has 5 rings (SSSR count). The largest absolute Gasteiger partial charge is 0.454 e. The molecule has 0 saturated carbocycles. The van der Waals surface area contributed by atoms with Crippen molar-refractivity contribution in [1.29, 1.82) is 0 Å². The molecule has 0 aliphatic carbocycles. The summed E-state index contributed by atoms with van der Waals surface area (Å²) in [7, 11) is 0. The van der Waals surface area contributed by atoms with E-state index in [-0.39, 0.29) is 23.2 Å². The molecule has 3 saturated heterocycles. The molecule has 2 atom stereocenters. The number of rotatable bonds is 3. The van der Waals surface area contributed by atoms with Gasteiger partial charge in [0.2, 0.25) is 0 Å². The molecule has 5 nitrogen and oxygen atoms in total. The predicted octanol–water partition coefficient (Wildman–Crippen LogP) is 3.25. The predicted molar refractivity (Wildman–Crippen MR) is 95.0 cm³/mol. The van der Waals surface area contributed by atoms with Gasteiger partial charge in [0.25, 0.3) is 11.7 Å². The summed E-state index contributed by atoms with van der Waals surface area (Å²) in [6.45, 7) is 4.13. The van der Waals surface area contributed by atoms with Gasteiger partial charge >= 0.3 is 6.18 Å². The molecule has 3 aliphatic heterocycles. The Morgan fingerprint density at radius 3 is 2.63 bits per heavy atom. The normalized spacial score (nSPS) is 27.7. The summed E-state index contributed by atoms with van der Waals surface area (Å²) in [4.78, 5) is 30.7. The molecule has 3 aliphatic rings. The fourth-order valence-corrected chi connectivity index (χ4v) is 5.04. The minimum Gasteiger partial charge on any atom is -0.346 e. The third kappa shape index (κ3) is 3.23. The lowest BCUT2D eigenvalue weighted by molar-refractivity contribution is -0.0883. The van der Waals surface area contributed by atoms with Gasteiger partial charge in [-0.15, -0.1) is 11.3 Å². The van der Waals surface area contributed by atoms with Crippen molar-refractivity contribution in [1.82, 2.24) is 15.2 Å². The van der Waals surface area contributed by atoms with Gasteiger partial charge in [0.1, 0.15) is 5.69 Å². The number of Topliss-reactive ketones (excluding diaryl/α,β-unsaturated/α-hetero) is 1. The Bertz CT molecular complexity index is 901. The number of hydrogen-bond donors (Lipinski definition) is 1. The summed E-state index contributed by atoms with van der Waals surface area (Å²) in [6, 6.07) is 1.50. The minimum absolute atomic E-state index is 0.00347. The van der Waals surface area contributed by atoms with Crippen molar-refractivity contribution in [3.8, 4) is 0 Å². The zero-order valence-corrected chi connectivity index (χ0v) is 15.4. The molecule has 27 heavy (non-hydrogen) atoms. The van der Waals surface area contributed by atoms with Crippen molar-refractivity contribution < 1.29 is 22.8 Å². The summed E-state index contributed by atoms with van der Waals surface area (Å²) in [5, 5.41) is 4.29. The van der Waals surface area contributed by atoms with E-state index in [4.69, 9.17) is 0 Å². The van der Waals surface area contributed by atoms with Crippen LogP contribution in [-0.4, -0.2) is 52.9 Å². The molecule has 2 aromatic rings. The number of carbonyl (C=O) groups is 2. The van der Waals surface area contributed by atoms with Gasteiger partial charge in [0, 0.05) is 34.6 Å². The molecule has 2 unspecified atom stereocenters. The van der Waals surface area contributed by atoms with Crippen molar-refractivity contribution in [2.45, 2.75) is 38.0 Å². The number of ketones is 1. The number of thiophene rings is 1. The topological polar surface area (TPSA) is 62.3 Å². The fraction of sp³-hybridized carbons (Fsp3) is 0.500. The lowest BCUT2D eigenvalue weighted by atomic mass is 9.79. The summed E-state index contributed by atoms with van der Waals surface area (Å²) in [6.07, 6.45) is -1.56. The Morgan fingerprint density at radius 2 is 2.00 bits per heavy atom. The Labute approximate surface area is 157 Å². The third-order valence-corrected chi connectivity index (χ3v) is 6.60. The maximum Gasteiger partial charge on any atom is 0.454 e. The highest BCUT2D eigenvalue weighted by Gasteiger charge is 2.42. The van der Waals surface area contributed by atoms with Crippen molar-refractivity contribution >= 4 is 33.1 Å². The number of aromatic nitrogens is 1. The van der Waals surface area contributed by atoms with Crippen molar-refractivity contribution in [2.75, 3.05) is 13.1 Å². The van der Waals surface area contributed by atoms with Crippen LogP contribution in [-0.2, 0) is 0 Å². The SMILES string of the molecule is CC1C(NC(=O)c2cc3c(C(=O)C(F)(F)F)csc3cn2)C2CCN1CC2. The molecule has 5 heterocycles. The molecule has 1 N–H and O–H groups in total. The molecule has 2 aromatic heterocycles. The number of amides is 1. The van der Waals surface area contributed by atoms with Gasteiger partial charge in [-0.05, 0) is 44.8 Å². The van der Waals surface area contributed by atoms with Crippen LogP contribution >= 0.6 is 11.3 Å². The molecule has 1 amide bonds. The van der Waals surface area contributed by atoms with Crippen LogP contribution in [0.25, 0.3) is 10.1 Å². The first-order chi connectivity index (χ1) is 12.8. The summed E-state index contributed by atoms with van der Waals surface area (Å²) >= 11 is 1.00. The number of piperidine rings is 3. The standard InChI is InChI=1S/C18H18F3N3O2S/c1-9-15(10-2-4-24(9)5-3-10)23-17(26)13-6-11-12(16(25)18(19,20)21)8-27-14(11)7-22-13/h6-10,15H,2-5H2,1H3,(H,23,26).